The maximum atomic E-state index is 6.36. The number of nitrogens with two attached hydrogens (primary N) is 1. The summed E-state index contributed by atoms with van der Waals surface area (Å²) in [6.45, 7) is 0.694. The number of benzene rings is 2. The smallest absolute Gasteiger partial charge is 0.184 e. The molecule has 0 aliphatic carbocycles. The number of nitrogen functional groups attached to an aromatic ring is 1. The van der Waals surface area contributed by atoms with E-state index in [0.29, 0.717) is 23.9 Å². The van der Waals surface area contributed by atoms with Crippen LogP contribution in [0.4, 0.5) is 11.5 Å². The van der Waals surface area contributed by atoms with Crippen LogP contribution < -0.4 is 10.6 Å². The van der Waals surface area contributed by atoms with Crippen molar-refractivity contribution in [3.05, 3.63) is 66.5 Å². The van der Waals surface area contributed by atoms with Gasteiger partial charge in [-0.25, -0.2) is 9.97 Å². The van der Waals surface area contributed by atoms with Gasteiger partial charge in [0.25, 0.3) is 0 Å². The second-order valence-electron chi connectivity index (χ2n) is 5.77. The lowest BCUT2D eigenvalue weighted by Crippen LogP contribution is -2.20. The molecule has 7 nitrogen and oxygen atoms in total. The van der Waals surface area contributed by atoms with Crippen molar-refractivity contribution < 1.29 is 0 Å². The summed E-state index contributed by atoms with van der Waals surface area (Å²) in [5.74, 6) is 1.19. The molecular formula is C18H17N7. The average molecular weight is 331 g/mol. The van der Waals surface area contributed by atoms with E-state index in [1.165, 1.54) is 11.9 Å². The van der Waals surface area contributed by atoms with E-state index in [-0.39, 0.29) is 0 Å². The summed E-state index contributed by atoms with van der Waals surface area (Å²) in [4.78, 5) is 10.7. The molecule has 0 bridgehead atoms. The molecule has 4 rings (SSSR count). The van der Waals surface area contributed by atoms with Gasteiger partial charge in [-0.15, -0.1) is 5.10 Å². The lowest BCUT2D eigenvalue weighted by atomic mass is 10.2. The number of fused-ring (bicyclic) bond motifs is 1. The average Bonchev–Trinajstić information content (AvgIpc) is 3.07. The molecule has 7 heteroatoms. The Morgan fingerprint density at radius 2 is 1.76 bits per heavy atom. The van der Waals surface area contributed by atoms with Crippen molar-refractivity contribution >= 4 is 22.5 Å². The van der Waals surface area contributed by atoms with E-state index in [9.17, 15) is 0 Å². The quantitative estimate of drug-likeness (QED) is 0.618. The van der Waals surface area contributed by atoms with Gasteiger partial charge in [0, 0.05) is 13.6 Å². The Balaban J connectivity index is 1.73. The van der Waals surface area contributed by atoms with Crippen LogP contribution >= 0.6 is 0 Å². The zero-order valence-electron chi connectivity index (χ0n) is 13.7. The van der Waals surface area contributed by atoms with Crippen LogP contribution in [0.25, 0.3) is 16.9 Å². The predicted molar refractivity (Wildman–Crippen MR) is 97.4 cm³/mol. The van der Waals surface area contributed by atoms with Gasteiger partial charge in [-0.2, -0.15) is 4.68 Å². The molecule has 124 valence electrons. The summed E-state index contributed by atoms with van der Waals surface area (Å²) in [5.41, 5.74) is 9.65. The molecule has 25 heavy (non-hydrogen) atoms. The van der Waals surface area contributed by atoms with Gasteiger partial charge in [-0.05, 0) is 17.7 Å². The minimum absolute atomic E-state index is 0.469. The van der Waals surface area contributed by atoms with E-state index >= 15 is 0 Å². The topological polar surface area (TPSA) is 85.8 Å². The van der Waals surface area contributed by atoms with Gasteiger partial charge in [-0.3, -0.25) is 0 Å². The van der Waals surface area contributed by atoms with Crippen molar-refractivity contribution in [2.75, 3.05) is 17.7 Å². The van der Waals surface area contributed by atoms with Crippen molar-refractivity contribution in [1.82, 2.24) is 25.0 Å². The first-order valence-corrected chi connectivity index (χ1v) is 7.90. The van der Waals surface area contributed by atoms with Gasteiger partial charge in [0.15, 0.2) is 11.6 Å². The summed E-state index contributed by atoms with van der Waals surface area (Å²) in [6.07, 6.45) is 1.50. The van der Waals surface area contributed by atoms with Crippen LogP contribution in [0, 0.1) is 0 Å². The van der Waals surface area contributed by atoms with Crippen LogP contribution in [0.5, 0.6) is 0 Å². The molecule has 4 aromatic rings. The third-order valence-electron chi connectivity index (χ3n) is 4.02. The summed E-state index contributed by atoms with van der Waals surface area (Å²) in [5, 5.41) is 8.35. The van der Waals surface area contributed by atoms with Crippen LogP contribution in [0.1, 0.15) is 5.56 Å². The molecule has 2 heterocycles. The highest BCUT2D eigenvalue weighted by Gasteiger charge is 2.16. The molecule has 2 aromatic carbocycles. The molecule has 2 aromatic heterocycles. The van der Waals surface area contributed by atoms with Gasteiger partial charge >= 0.3 is 0 Å². The van der Waals surface area contributed by atoms with Crippen LogP contribution in [0.2, 0.25) is 0 Å². The van der Waals surface area contributed by atoms with Crippen LogP contribution in [0.3, 0.4) is 0 Å². The molecule has 0 unspecified atom stereocenters. The van der Waals surface area contributed by atoms with Gasteiger partial charge < -0.3 is 10.6 Å². The third kappa shape index (κ3) is 2.76. The molecule has 0 aliphatic rings. The Labute approximate surface area is 144 Å². The molecule has 0 amide bonds. The third-order valence-corrected chi connectivity index (χ3v) is 4.02. The molecule has 0 spiro atoms. The molecule has 0 saturated carbocycles. The summed E-state index contributed by atoms with van der Waals surface area (Å²) in [6, 6.07) is 17.9. The summed E-state index contributed by atoms with van der Waals surface area (Å²) in [7, 11) is 1.95. The number of hydrogen-bond acceptors (Lipinski definition) is 6. The first-order chi connectivity index (χ1) is 12.2. The maximum Gasteiger partial charge on any atom is 0.184 e. The van der Waals surface area contributed by atoms with E-state index in [2.05, 4.69) is 32.4 Å². The first kappa shape index (κ1) is 15.1. The van der Waals surface area contributed by atoms with E-state index in [1.807, 2.05) is 54.4 Å². The molecule has 0 atom stereocenters. The number of anilines is 2. The predicted octanol–water partition coefficient (Wildman–Crippen LogP) is 2.43. The highest BCUT2D eigenvalue weighted by molar-refractivity contribution is 5.79. The monoisotopic (exact) mass is 331 g/mol. The normalized spacial score (nSPS) is 10.9. The Hall–Kier alpha value is -3.48. The molecule has 0 aliphatic heterocycles. The molecule has 2 N–H and O–H groups in total. The highest BCUT2D eigenvalue weighted by Crippen LogP contribution is 2.26. The molecular weight excluding hydrogens is 314 g/mol. The lowest BCUT2D eigenvalue weighted by molar-refractivity contribution is 0.794. The van der Waals surface area contributed by atoms with Crippen LogP contribution in [0.15, 0.2) is 60.9 Å². The largest absolute Gasteiger partial charge is 0.393 e. The fourth-order valence-electron chi connectivity index (χ4n) is 2.81. The Morgan fingerprint density at radius 3 is 2.60 bits per heavy atom. The first-order valence-electron chi connectivity index (χ1n) is 7.90. The minimum Gasteiger partial charge on any atom is -0.393 e. The standard InChI is InChI=1S/C18H17N7/c1-24(11-13-7-3-2-4-8-13)17-16(19)18(21-12-20-17)25-15-10-6-5-9-14(15)22-23-25/h2-10,12H,11,19H2,1H3. The Morgan fingerprint density at radius 1 is 1.00 bits per heavy atom. The van der Waals surface area contributed by atoms with E-state index in [0.717, 1.165) is 11.0 Å². The number of aromatic nitrogens is 5. The summed E-state index contributed by atoms with van der Waals surface area (Å²) >= 11 is 0. The van der Waals surface area contributed by atoms with Crippen LogP contribution in [-0.2, 0) is 6.54 Å². The van der Waals surface area contributed by atoms with Crippen LogP contribution in [-0.4, -0.2) is 32.0 Å². The number of para-hydroxylation sites is 1. The maximum absolute atomic E-state index is 6.36. The lowest BCUT2D eigenvalue weighted by Gasteiger charge is -2.20. The van der Waals surface area contributed by atoms with E-state index in [4.69, 9.17) is 5.73 Å². The van der Waals surface area contributed by atoms with Crippen molar-refractivity contribution in [2.24, 2.45) is 0 Å². The van der Waals surface area contributed by atoms with Crippen molar-refractivity contribution in [2.45, 2.75) is 6.54 Å². The molecule has 0 saturated heterocycles. The summed E-state index contributed by atoms with van der Waals surface area (Å²) < 4.78 is 1.65. The minimum atomic E-state index is 0.469. The second kappa shape index (κ2) is 6.20. The number of rotatable bonds is 4. The van der Waals surface area contributed by atoms with Crippen molar-refractivity contribution in [1.29, 1.82) is 0 Å². The van der Waals surface area contributed by atoms with Gasteiger partial charge in [-0.1, -0.05) is 47.7 Å². The Kier molecular flexibility index (Phi) is 3.74. The Bertz CT molecular complexity index is 1010. The zero-order valence-corrected chi connectivity index (χ0v) is 13.7. The number of hydrogen-bond donors (Lipinski definition) is 1. The highest BCUT2D eigenvalue weighted by atomic mass is 15.4. The van der Waals surface area contributed by atoms with E-state index < -0.39 is 0 Å². The van der Waals surface area contributed by atoms with Crippen molar-refractivity contribution in [3.63, 3.8) is 0 Å². The van der Waals surface area contributed by atoms with Gasteiger partial charge in [0.1, 0.15) is 17.5 Å². The molecule has 0 radical (unpaired) electrons. The number of nitrogens with zero attached hydrogens (tertiary/aromatic N) is 6. The second-order valence-corrected chi connectivity index (χ2v) is 5.77. The van der Waals surface area contributed by atoms with Crippen molar-refractivity contribution in [3.8, 4) is 5.82 Å². The molecule has 0 fully saturated rings. The fourth-order valence-corrected chi connectivity index (χ4v) is 2.81. The SMILES string of the molecule is CN(Cc1ccccc1)c1ncnc(-n2nnc3ccccc32)c1N. The fraction of sp³-hybridized carbons (Fsp3) is 0.111. The van der Waals surface area contributed by atoms with Gasteiger partial charge in [0.05, 0.1) is 5.52 Å². The van der Waals surface area contributed by atoms with Gasteiger partial charge in [0.2, 0.25) is 0 Å². The zero-order chi connectivity index (χ0) is 17.2. The van der Waals surface area contributed by atoms with E-state index in [1.54, 1.807) is 4.68 Å².